The Morgan fingerprint density at radius 3 is 2.31 bits per heavy atom. The zero-order valence-electron chi connectivity index (χ0n) is 10.2. The summed E-state index contributed by atoms with van der Waals surface area (Å²) < 4.78 is 0. The molecule has 0 spiro atoms. The van der Waals surface area contributed by atoms with E-state index < -0.39 is 5.54 Å². The smallest absolute Gasteiger partial charge is 0.243 e. The predicted molar refractivity (Wildman–Crippen MR) is 62.6 cm³/mol. The van der Waals surface area contributed by atoms with Gasteiger partial charge in [0.2, 0.25) is 11.8 Å². The van der Waals surface area contributed by atoms with Crippen LogP contribution in [-0.2, 0) is 9.59 Å². The maximum absolute atomic E-state index is 11.7. The first-order valence-corrected chi connectivity index (χ1v) is 6.07. The van der Waals surface area contributed by atoms with Crippen molar-refractivity contribution >= 4 is 11.8 Å². The molecule has 0 radical (unpaired) electrons. The van der Waals surface area contributed by atoms with Crippen LogP contribution in [0, 0.1) is 5.92 Å². The number of rotatable bonds is 5. The second-order valence-corrected chi connectivity index (χ2v) is 5.13. The lowest BCUT2D eigenvalue weighted by Gasteiger charge is -2.26. The molecule has 92 valence electrons. The van der Waals surface area contributed by atoms with E-state index >= 15 is 0 Å². The van der Waals surface area contributed by atoms with Gasteiger partial charge in [-0.1, -0.05) is 26.7 Å². The molecule has 1 aliphatic rings. The lowest BCUT2D eigenvalue weighted by molar-refractivity contribution is -0.131. The largest absolute Gasteiger partial charge is 0.368 e. The predicted octanol–water partition coefficient (Wildman–Crippen LogP) is 1.34. The van der Waals surface area contributed by atoms with E-state index in [-0.39, 0.29) is 11.8 Å². The second-order valence-electron chi connectivity index (χ2n) is 5.13. The molecule has 0 aromatic heterocycles. The molecule has 0 atom stereocenters. The molecule has 0 heterocycles. The van der Waals surface area contributed by atoms with E-state index in [2.05, 4.69) is 19.2 Å². The number of primary amides is 1. The van der Waals surface area contributed by atoms with E-state index in [4.69, 9.17) is 5.73 Å². The normalized spacial score (nSPS) is 18.7. The summed E-state index contributed by atoms with van der Waals surface area (Å²) in [4.78, 5) is 23.1. The molecule has 0 aromatic rings. The third-order valence-corrected chi connectivity index (χ3v) is 3.26. The Balaban J connectivity index is 2.49. The summed E-state index contributed by atoms with van der Waals surface area (Å²) in [7, 11) is 0. The van der Waals surface area contributed by atoms with Crippen molar-refractivity contribution in [3.8, 4) is 0 Å². The molecule has 2 amide bonds. The van der Waals surface area contributed by atoms with E-state index in [1.54, 1.807) is 0 Å². The van der Waals surface area contributed by atoms with Gasteiger partial charge in [-0.3, -0.25) is 9.59 Å². The quantitative estimate of drug-likeness (QED) is 0.742. The van der Waals surface area contributed by atoms with Gasteiger partial charge in [0.05, 0.1) is 0 Å². The van der Waals surface area contributed by atoms with E-state index in [0.717, 1.165) is 19.3 Å². The first kappa shape index (κ1) is 13.0. The SMILES string of the molecule is CC(C)CCC(=O)NC1(C(N)=O)CCCC1. The van der Waals surface area contributed by atoms with Crippen LogP contribution in [0.4, 0.5) is 0 Å². The highest BCUT2D eigenvalue weighted by atomic mass is 16.2. The Morgan fingerprint density at radius 1 is 1.31 bits per heavy atom. The summed E-state index contributed by atoms with van der Waals surface area (Å²) in [5.74, 6) is 0.0659. The van der Waals surface area contributed by atoms with Crippen LogP contribution in [0.1, 0.15) is 52.4 Å². The van der Waals surface area contributed by atoms with E-state index in [9.17, 15) is 9.59 Å². The summed E-state index contributed by atoms with van der Waals surface area (Å²) in [5, 5.41) is 2.83. The Kier molecular flexibility index (Phi) is 4.33. The van der Waals surface area contributed by atoms with Gasteiger partial charge in [-0.25, -0.2) is 0 Å². The van der Waals surface area contributed by atoms with Crippen LogP contribution in [0.15, 0.2) is 0 Å². The molecule has 0 aliphatic heterocycles. The standard InChI is InChI=1S/C12H22N2O2/c1-9(2)5-6-10(15)14-12(11(13)16)7-3-4-8-12/h9H,3-8H2,1-2H3,(H2,13,16)(H,14,15). The Labute approximate surface area is 97.0 Å². The van der Waals surface area contributed by atoms with Gasteiger partial charge in [-0.2, -0.15) is 0 Å². The number of nitrogens with two attached hydrogens (primary N) is 1. The van der Waals surface area contributed by atoms with Crippen LogP contribution in [0.5, 0.6) is 0 Å². The number of hydrogen-bond donors (Lipinski definition) is 2. The molecule has 16 heavy (non-hydrogen) atoms. The van der Waals surface area contributed by atoms with Gasteiger partial charge >= 0.3 is 0 Å². The van der Waals surface area contributed by atoms with E-state index in [1.165, 1.54) is 0 Å². The Hall–Kier alpha value is -1.06. The topological polar surface area (TPSA) is 72.2 Å². The fraction of sp³-hybridized carbons (Fsp3) is 0.833. The van der Waals surface area contributed by atoms with Gasteiger partial charge < -0.3 is 11.1 Å². The monoisotopic (exact) mass is 226 g/mol. The van der Waals surface area contributed by atoms with Crippen molar-refractivity contribution in [2.24, 2.45) is 11.7 Å². The van der Waals surface area contributed by atoms with Gasteiger partial charge in [-0.15, -0.1) is 0 Å². The van der Waals surface area contributed by atoms with Gasteiger partial charge in [0.15, 0.2) is 0 Å². The van der Waals surface area contributed by atoms with Crippen LogP contribution in [-0.4, -0.2) is 17.4 Å². The average Bonchev–Trinajstić information content (AvgIpc) is 2.64. The minimum absolute atomic E-state index is 0.0469. The molecule has 1 fully saturated rings. The zero-order valence-corrected chi connectivity index (χ0v) is 10.2. The molecule has 4 nitrogen and oxygen atoms in total. The lowest BCUT2D eigenvalue weighted by Crippen LogP contribution is -2.55. The van der Waals surface area contributed by atoms with Crippen LogP contribution in [0.25, 0.3) is 0 Å². The molecule has 0 aromatic carbocycles. The van der Waals surface area contributed by atoms with Gasteiger partial charge in [0.1, 0.15) is 5.54 Å². The average molecular weight is 226 g/mol. The summed E-state index contributed by atoms with van der Waals surface area (Å²) in [6, 6.07) is 0. The minimum Gasteiger partial charge on any atom is -0.368 e. The van der Waals surface area contributed by atoms with E-state index in [0.29, 0.717) is 25.2 Å². The summed E-state index contributed by atoms with van der Waals surface area (Å²) in [5.41, 5.74) is 4.63. The van der Waals surface area contributed by atoms with Crippen molar-refractivity contribution in [2.75, 3.05) is 0 Å². The lowest BCUT2D eigenvalue weighted by atomic mass is 9.96. The number of carbonyl (C=O) groups is 2. The van der Waals surface area contributed by atoms with Crippen molar-refractivity contribution in [2.45, 2.75) is 57.9 Å². The van der Waals surface area contributed by atoms with Gasteiger partial charge in [-0.05, 0) is 25.2 Å². The molecule has 0 saturated heterocycles. The second kappa shape index (κ2) is 5.32. The highest BCUT2D eigenvalue weighted by Crippen LogP contribution is 2.29. The molecule has 1 aliphatic carbocycles. The van der Waals surface area contributed by atoms with Gasteiger partial charge in [0, 0.05) is 6.42 Å². The summed E-state index contributed by atoms with van der Waals surface area (Å²) >= 11 is 0. The van der Waals surface area contributed by atoms with Crippen molar-refractivity contribution in [1.82, 2.24) is 5.32 Å². The van der Waals surface area contributed by atoms with Crippen molar-refractivity contribution in [3.05, 3.63) is 0 Å². The third kappa shape index (κ3) is 3.22. The number of hydrogen-bond acceptors (Lipinski definition) is 2. The number of nitrogens with one attached hydrogen (secondary N) is 1. The maximum Gasteiger partial charge on any atom is 0.243 e. The number of carbonyl (C=O) groups excluding carboxylic acids is 2. The first-order chi connectivity index (χ1) is 7.46. The van der Waals surface area contributed by atoms with Crippen LogP contribution in [0.3, 0.4) is 0 Å². The molecule has 1 rings (SSSR count). The van der Waals surface area contributed by atoms with Crippen molar-refractivity contribution in [1.29, 1.82) is 0 Å². The van der Waals surface area contributed by atoms with E-state index in [1.807, 2.05) is 0 Å². The Bertz CT molecular complexity index is 268. The number of amides is 2. The first-order valence-electron chi connectivity index (χ1n) is 6.07. The molecule has 4 heteroatoms. The summed E-state index contributed by atoms with van der Waals surface area (Å²) in [6.45, 7) is 4.15. The molecule has 1 saturated carbocycles. The molecule has 0 unspecified atom stereocenters. The van der Waals surface area contributed by atoms with Crippen LogP contribution in [0.2, 0.25) is 0 Å². The molecular formula is C12H22N2O2. The third-order valence-electron chi connectivity index (χ3n) is 3.26. The zero-order chi connectivity index (χ0) is 12.2. The fourth-order valence-electron chi connectivity index (χ4n) is 2.16. The fourth-order valence-corrected chi connectivity index (χ4v) is 2.16. The van der Waals surface area contributed by atoms with Crippen LogP contribution < -0.4 is 11.1 Å². The van der Waals surface area contributed by atoms with Gasteiger partial charge in [0.25, 0.3) is 0 Å². The van der Waals surface area contributed by atoms with Crippen molar-refractivity contribution < 1.29 is 9.59 Å². The highest BCUT2D eigenvalue weighted by molar-refractivity contribution is 5.90. The minimum atomic E-state index is -0.756. The van der Waals surface area contributed by atoms with Crippen LogP contribution >= 0.6 is 0 Å². The molecular weight excluding hydrogens is 204 g/mol. The summed E-state index contributed by atoms with van der Waals surface area (Å²) in [6.07, 6.45) is 4.64. The van der Waals surface area contributed by atoms with Crippen molar-refractivity contribution in [3.63, 3.8) is 0 Å². The Morgan fingerprint density at radius 2 is 1.88 bits per heavy atom. The molecule has 3 N–H and O–H groups in total. The maximum atomic E-state index is 11.7. The highest BCUT2D eigenvalue weighted by Gasteiger charge is 2.40. The molecule has 0 bridgehead atoms.